The molecule has 0 aromatic heterocycles. The van der Waals surface area contributed by atoms with Gasteiger partial charge in [-0.05, 0) is 45.4 Å². The van der Waals surface area contributed by atoms with Gasteiger partial charge in [-0.15, -0.1) is 0 Å². The van der Waals surface area contributed by atoms with E-state index in [0.717, 1.165) is 19.3 Å². The fourth-order valence-corrected chi connectivity index (χ4v) is 1.85. The van der Waals surface area contributed by atoms with E-state index < -0.39 is 0 Å². The van der Waals surface area contributed by atoms with Gasteiger partial charge < -0.3 is 4.74 Å². The van der Waals surface area contributed by atoms with Crippen molar-refractivity contribution in [3.05, 3.63) is 23.8 Å². The van der Waals surface area contributed by atoms with Gasteiger partial charge in [0, 0.05) is 6.42 Å². The van der Waals surface area contributed by atoms with Gasteiger partial charge in [-0.25, -0.2) is 0 Å². The third-order valence-corrected chi connectivity index (χ3v) is 2.72. The Kier molecular flexibility index (Phi) is 6.62. The second-order valence-electron chi connectivity index (χ2n) is 4.12. The minimum absolute atomic E-state index is 0.0648. The van der Waals surface area contributed by atoms with Crippen LogP contribution in [-0.4, -0.2) is 12.6 Å². The second-order valence-corrected chi connectivity index (χ2v) is 4.12. The van der Waals surface area contributed by atoms with Crippen molar-refractivity contribution in [1.82, 2.24) is 0 Å². The lowest BCUT2D eigenvalue weighted by molar-refractivity contribution is -0.143. The summed E-state index contributed by atoms with van der Waals surface area (Å²) in [7, 11) is 0. The van der Waals surface area contributed by atoms with Crippen LogP contribution in [-0.2, 0) is 9.53 Å². The van der Waals surface area contributed by atoms with Crippen LogP contribution < -0.4 is 0 Å². The Morgan fingerprint density at radius 2 is 2.38 bits per heavy atom. The van der Waals surface area contributed by atoms with Crippen LogP contribution in [0.5, 0.6) is 0 Å². The van der Waals surface area contributed by atoms with Gasteiger partial charge in [0.1, 0.15) is 0 Å². The molecular formula is C14H22O2. The first-order valence-corrected chi connectivity index (χ1v) is 6.34. The molecule has 0 aromatic carbocycles. The topological polar surface area (TPSA) is 26.3 Å². The number of ether oxygens (including phenoxy) is 1. The number of esters is 1. The predicted octanol–water partition coefficient (Wildman–Crippen LogP) is 3.78. The summed E-state index contributed by atoms with van der Waals surface area (Å²) in [6.45, 7) is 2.34. The number of unbranched alkanes of at least 4 members (excludes halogenated alkanes) is 2. The van der Waals surface area contributed by atoms with Crippen molar-refractivity contribution in [2.24, 2.45) is 0 Å². The van der Waals surface area contributed by atoms with Gasteiger partial charge in [-0.1, -0.05) is 23.8 Å². The lowest BCUT2D eigenvalue weighted by Gasteiger charge is -2.00. The van der Waals surface area contributed by atoms with Gasteiger partial charge in [0.05, 0.1) is 6.61 Å². The minimum atomic E-state index is -0.0648. The first-order valence-electron chi connectivity index (χ1n) is 6.34. The zero-order valence-corrected chi connectivity index (χ0v) is 10.2. The molecule has 16 heavy (non-hydrogen) atoms. The summed E-state index contributed by atoms with van der Waals surface area (Å²) in [6, 6.07) is 0. The zero-order chi connectivity index (χ0) is 11.6. The van der Waals surface area contributed by atoms with Crippen LogP contribution in [0.15, 0.2) is 23.8 Å². The molecule has 1 aliphatic carbocycles. The highest BCUT2D eigenvalue weighted by molar-refractivity contribution is 5.69. The van der Waals surface area contributed by atoms with Crippen LogP contribution in [0.3, 0.4) is 0 Å². The normalized spacial score (nSPS) is 15.4. The van der Waals surface area contributed by atoms with Crippen LogP contribution in [0.4, 0.5) is 0 Å². The molecule has 0 aromatic rings. The number of allylic oxidation sites excluding steroid dienone is 4. The largest absolute Gasteiger partial charge is 0.466 e. The van der Waals surface area contributed by atoms with Gasteiger partial charge >= 0.3 is 5.97 Å². The highest BCUT2D eigenvalue weighted by Gasteiger charge is 2.01. The highest BCUT2D eigenvalue weighted by Crippen LogP contribution is 2.18. The molecule has 2 heteroatoms. The van der Waals surface area contributed by atoms with Gasteiger partial charge in [-0.3, -0.25) is 4.79 Å². The quantitative estimate of drug-likeness (QED) is 0.484. The second kappa shape index (κ2) is 8.14. The van der Waals surface area contributed by atoms with E-state index in [0.29, 0.717) is 13.0 Å². The van der Waals surface area contributed by atoms with Crippen molar-refractivity contribution in [2.45, 2.75) is 51.9 Å². The molecule has 1 rings (SSSR count). The average Bonchev–Trinajstić information content (AvgIpc) is 2.76. The van der Waals surface area contributed by atoms with Gasteiger partial charge in [-0.2, -0.15) is 0 Å². The maximum atomic E-state index is 11.0. The Morgan fingerprint density at radius 3 is 3.06 bits per heavy atom. The molecule has 1 aliphatic rings. The summed E-state index contributed by atoms with van der Waals surface area (Å²) in [5, 5.41) is 0. The van der Waals surface area contributed by atoms with E-state index in [2.05, 4.69) is 18.2 Å². The average molecular weight is 222 g/mol. The molecule has 0 fully saturated rings. The third-order valence-electron chi connectivity index (χ3n) is 2.72. The lowest BCUT2D eigenvalue weighted by Crippen LogP contribution is -2.02. The van der Waals surface area contributed by atoms with Crippen molar-refractivity contribution < 1.29 is 9.53 Å². The Hall–Kier alpha value is -1.05. The van der Waals surface area contributed by atoms with Crippen LogP contribution in [0.25, 0.3) is 0 Å². The first kappa shape index (κ1) is 13.0. The molecule has 0 atom stereocenters. The summed E-state index contributed by atoms with van der Waals surface area (Å²) in [5.41, 5.74) is 1.48. The van der Waals surface area contributed by atoms with Gasteiger partial charge in [0.15, 0.2) is 0 Å². The number of hydrogen-bond donors (Lipinski definition) is 0. The van der Waals surface area contributed by atoms with Crippen molar-refractivity contribution >= 4 is 5.97 Å². The van der Waals surface area contributed by atoms with Crippen molar-refractivity contribution in [3.8, 4) is 0 Å². The van der Waals surface area contributed by atoms with Crippen LogP contribution in [0.2, 0.25) is 0 Å². The monoisotopic (exact) mass is 222 g/mol. The third kappa shape index (κ3) is 5.74. The molecule has 0 bridgehead atoms. The number of carbonyl (C=O) groups excluding carboxylic acids is 1. The van der Waals surface area contributed by atoms with Crippen LogP contribution >= 0.6 is 0 Å². The van der Waals surface area contributed by atoms with E-state index in [1.54, 1.807) is 0 Å². The number of rotatable bonds is 7. The fraction of sp³-hybridized carbons (Fsp3) is 0.643. The molecular weight excluding hydrogens is 200 g/mol. The molecule has 0 amide bonds. The first-order chi connectivity index (χ1) is 7.83. The maximum Gasteiger partial charge on any atom is 0.305 e. The number of carbonyl (C=O) groups is 1. The van der Waals surface area contributed by atoms with E-state index in [9.17, 15) is 4.79 Å². The molecule has 0 aliphatic heterocycles. The summed E-state index contributed by atoms with van der Waals surface area (Å²) >= 11 is 0. The van der Waals surface area contributed by atoms with Gasteiger partial charge in [0.25, 0.3) is 0 Å². The summed E-state index contributed by atoms with van der Waals surface area (Å²) in [5.74, 6) is -0.0648. The number of hydrogen-bond acceptors (Lipinski definition) is 2. The minimum Gasteiger partial charge on any atom is -0.466 e. The Morgan fingerprint density at radius 1 is 1.50 bits per heavy atom. The van der Waals surface area contributed by atoms with Crippen molar-refractivity contribution in [3.63, 3.8) is 0 Å². The van der Waals surface area contributed by atoms with E-state index in [1.807, 2.05) is 6.92 Å². The summed E-state index contributed by atoms with van der Waals surface area (Å²) in [6.07, 6.45) is 14.2. The Bertz CT molecular complexity index is 264. The van der Waals surface area contributed by atoms with E-state index >= 15 is 0 Å². The summed E-state index contributed by atoms with van der Waals surface area (Å²) < 4.78 is 4.86. The van der Waals surface area contributed by atoms with Gasteiger partial charge in [0.2, 0.25) is 0 Å². The van der Waals surface area contributed by atoms with Crippen molar-refractivity contribution in [2.75, 3.05) is 6.61 Å². The van der Waals surface area contributed by atoms with E-state index in [4.69, 9.17) is 4.74 Å². The van der Waals surface area contributed by atoms with Crippen LogP contribution in [0, 0.1) is 0 Å². The Labute approximate surface area is 98.4 Å². The molecule has 0 heterocycles. The van der Waals surface area contributed by atoms with Crippen molar-refractivity contribution in [1.29, 1.82) is 0 Å². The summed E-state index contributed by atoms with van der Waals surface area (Å²) in [4.78, 5) is 11.0. The van der Waals surface area contributed by atoms with E-state index in [1.165, 1.54) is 24.8 Å². The van der Waals surface area contributed by atoms with Crippen LogP contribution in [0.1, 0.15) is 51.9 Å². The standard InChI is InChI=1S/C14H22O2/c1-2-16-14(15)12-6-4-3-5-9-13-10-7-8-11-13/h5,9-10H,2-4,6-8,11-12H2,1H3. The molecule has 0 saturated heterocycles. The molecule has 0 unspecified atom stereocenters. The molecule has 90 valence electrons. The molecule has 2 nitrogen and oxygen atoms in total. The maximum absolute atomic E-state index is 11.0. The lowest BCUT2D eigenvalue weighted by atomic mass is 10.1. The Balaban J connectivity index is 1.97. The molecule has 0 radical (unpaired) electrons. The molecule has 0 saturated carbocycles. The SMILES string of the molecule is CCOC(=O)CCCCC=CC1=CCCC1. The fourth-order valence-electron chi connectivity index (χ4n) is 1.85. The predicted molar refractivity (Wildman–Crippen MR) is 66.2 cm³/mol. The molecule has 0 spiro atoms. The van der Waals surface area contributed by atoms with E-state index in [-0.39, 0.29) is 5.97 Å². The smallest absolute Gasteiger partial charge is 0.305 e. The zero-order valence-electron chi connectivity index (χ0n) is 10.2. The molecule has 0 N–H and O–H groups in total. The highest BCUT2D eigenvalue weighted by atomic mass is 16.5.